The van der Waals surface area contributed by atoms with Gasteiger partial charge >= 0.3 is 30.6 Å². The van der Waals surface area contributed by atoms with Crippen molar-refractivity contribution >= 4 is 98.7 Å². The zero-order valence-corrected chi connectivity index (χ0v) is 47.7. The number of hydrogen-bond donors (Lipinski definition) is 4. The van der Waals surface area contributed by atoms with Crippen molar-refractivity contribution < 1.29 is 78.6 Å². The highest BCUT2D eigenvalue weighted by atomic mass is 35.5. The van der Waals surface area contributed by atoms with Gasteiger partial charge in [-0.1, -0.05) is 41.9 Å². The zero-order valence-electron chi connectivity index (χ0n) is 42.8. The molecular formula is C48H57Cl2F4N6O14PS3. The molecule has 20 nitrogen and oxygen atoms in total. The molecule has 3 heterocycles. The highest BCUT2D eigenvalue weighted by molar-refractivity contribution is 8.00. The van der Waals surface area contributed by atoms with E-state index < -0.39 is 70.4 Å². The molecule has 5 aromatic rings. The Balaban J connectivity index is 0.000000234. The number of alkyl halides is 4. The lowest BCUT2D eigenvalue weighted by atomic mass is 10.0. The molecule has 2 aromatic heterocycles. The number of ketones is 1. The number of sulfone groups is 1. The fraction of sp³-hybridized carbons (Fsp3) is 0.438. The van der Waals surface area contributed by atoms with Gasteiger partial charge in [0.2, 0.25) is 10.7 Å². The number of ether oxygens (including phenoxy) is 2. The molecule has 1 aliphatic heterocycles. The number of carbonyl (C=O) groups is 4. The second kappa shape index (κ2) is 29.3. The summed E-state index contributed by atoms with van der Waals surface area (Å²) >= 11 is 13.9. The van der Waals surface area contributed by atoms with Gasteiger partial charge in [-0.3, -0.25) is 38.5 Å². The van der Waals surface area contributed by atoms with Gasteiger partial charge in [-0.15, -0.1) is 23.4 Å². The van der Waals surface area contributed by atoms with Gasteiger partial charge in [0.1, 0.15) is 17.4 Å². The van der Waals surface area contributed by atoms with Crippen molar-refractivity contribution in [2.24, 2.45) is 4.99 Å². The molecule has 7 rings (SSSR count). The quantitative estimate of drug-likeness (QED) is 0.0162. The van der Waals surface area contributed by atoms with Crippen molar-refractivity contribution in [3.63, 3.8) is 0 Å². The smallest absolute Gasteiger partial charge is 0.416 e. The monoisotopic (exact) mass is 1210 g/mol. The lowest BCUT2D eigenvalue weighted by Crippen LogP contribution is -2.43. The summed E-state index contributed by atoms with van der Waals surface area (Å²) in [6, 6.07) is 10.7. The summed E-state index contributed by atoms with van der Waals surface area (Å²) in [5.41, 5.74) is 1.92. The molecule has 0 radical (unpaired) electrons. The van der Waals surface area contributed by atoms with Gasteiger partial charge in [0, 0.05) is 42.8 Å². The zero-order chi connectivity index (χ0) is 58.3. The first-order chi connectivity index (χ1) is 36.6. The first kappa shape index (κ1) is 65.3. The normalized spacial score (nSPS) is 13.8. The second-order valence-electron chi connectivity index (χ2n) is 17.3. The molecule has 428 valence electrons. The number of thioether (sulfide) groups is 1. The van der Waals surface area contributed by atoms with Crippen LogP contribution >= 0.6 is 53.9 Å². The first-order valence-corrected chi connectivity index (χ1v) is 29.8. The number of aryl methyl sites for hydroxylation is 2. The summed E-state index contributed by atoms with van der Waals surface area (Å²) < 4.78 is 105. The predicted octanol–water partition coefficient (Wildman–Crippen LogP) is 7.96. The van der Waals surface area contributed by atoms with Crippen LogP contribution in [0.25, 0.3) is 0 Å². The summed E-state index contributed by atoms with van der Waals surface area (Å²) in [5.74, 6) is -2.50. The number of fused-ring (bicyclic) bond motifs is 1. The van der Waals surface area contributed by atoms with E-state index in [0.29, 0.717) is 47.3 Å². The lowest BCUT2D eigenvalue weighted by molar-refractivity contribution is -0.138. The average molecular weight is 1220 g/mol. The molecule has 1 amide bonds. The van der Waals surface area contributed by atoms with Crippen molar-refractivity contribution in [1.82, 2.24) is 19.8 Å². The van der Waals surface area contributed by atoms with E-state index in [1.165, 1.54) is 19.4 Å². The Hall–Kier alpha value is -5.22. The van der Waals surface area contributed by atoms with E-state index in [2.05, 4.69) is 33.2 Å². The van der Waals surface area contributed by atoms with Crippen molar-refractivity contribution in [1.29, 1.82) is 0 Å². The molecule has 78 heavy (non-hydrogen) atoms. The minimum absolute atomic E-state index is 0.0223. The number of carboxylic acids is 1. The minimum atomic E-state index is -4.71. The molecule has 0 saturated heterocycles. The molecule has 0 spiro atoms. The van der Waals surface area contributed by atoms with Crippen LogP contribution in [0.15, 0.2) is 78.8 Å². The maximum atomic E-state index is 14.3. The topological polar surface area (TPSA) is 279 Å². The number of rotatable bonds is 18. The van der Waals surface area contributed by atoms with Crippen LogP contribution in [-0.4, -0.2) is 119 Å². The predicted molar refractivity (Wildman–Crippen MR) is 284 cm³/mol. The van der Waals surface area contributed by atoms with Crippen molar-refractivity contribution in [2.45, 2.75) is 93.9 Å². The molecule has 1 atom stereocenters. The third-order valence-corrected chi connectivity index (χ3v) is 15.5. The number of aromatic nitrogens is 3. The molecule has 1 unspecified atom stereocenters. The highest BCUT2D eigenvalue weighted by Crippen LogP contribution is 2.43. The summed E-state index contributed by atoms with van der Waals surface area (Å²) in [6.07, 6.45) is 1.03. The molecule has 1 saturated carbocycles. The van der Waals surface area contributed by atoms with Crippen LogP contribution in [0.1, 0.15) is 83.8 Å². The standard InChI is InChI=1S/C15H15ClFN3O3S2.C15H22ClNO2.C15H12F3NO4S.C3H8NO5P/c1-23-13(21)8-24-12-7-11(10(17)6-9(12)16)18-14-19-4-2-3-5-20(19)15(22)25-14;1-5-13-8-6-7-11(2)15(13)17(14(18)9-16)12(3)10-19-4;1-24(21,22)12-6-9(15(16,17)18)4-5-10(12)13(20)11-7-19-23-14(11)8-2-3-8;5-3(6)1-4-2-10(7,8)9/h6-7H,2-5,8H2,1H3;6-8,12H,5,9-10H2,1-4H3;4-8H,2-3H2,1H3;4H,1-2H2,(H,5,6)(H2,7,8,9). The van der Waals surface area contributed by atoms with Crippen molar-refractivity contribution in [2.75, 3.05) is 56.4 Å². The van der Waals surface area contributed by atoms with Crippen LogP contribution < -0.4 is 19.9 Å². The molecule has 30 heteroatoms. The number of amides is 1. The average Bonchev–Trinajstić information content (AvgIpc) is 4.03. The largest absolute Gasteiger partial charge is 0.480 e. The number of aliphatic carboxylic acids is 1. The van der Waals surface area contributed by atoms with Crippen molar-refractivity contribution in [3.05, 3.63) is 114 Å². The van der Waals surface area contributed by atoms with E-state index in [4.69, 9.17) is 47.4 Å². The van der Waals surface area contributed by atoms with Crippen molar-refractivity contribution in [3.8, 4) is 0 Å². The Kier molecular flexibility index (Phi) is 24.5. The van der Waals surface area contributed by atoms with E-state index in [1.54, 1.807) is 21.4 Å². The number of anilines is 1. The number of carbonyl (C=O) groups excluding carboxylic acids is 3. The number of halogens is 6. The van der Waals surface area contributed by atoms with Gasteiger partial charge in [-0.25, -0.2) is 22.5 Å². The molecule has 3 aromatic carbocycles. The highest BCUT2D eigenvalue weighted by Gasteiger charge is 2.36. The van der Waals surface area contributed by atoms with Crippen LogP contribution in [0, 0.1) is 12.7 Å². The number of benzene rings is 3. The molecule has 4 N–H and O–H groups in total. The third-order valence-electron chi connectivity index (χ3n) is 11.2. The fourth-order valence-electron chi connectivity index (χ4n) is 7.46. The summed E-state index contributed by atoms with van der Waals surface area (Å²) in [6.45, 7) is 7.45. The maximum absolute atomic E-state index is 14.3. The number of methoxy groups -OCH3 is 2. The molecule has 1 fully saturated rings. The van der Waals surface area contributed by atoms with E-state index in [1.807, 2.05) is 26.0 Å². The Labute approximate surface area is 463 Å². The number of nitrogens with one attached hydrogen (secondary N) is 1. The fourth-order valence-corrected chi connectivity index (χ4v) is 10.9. The van der Waals surface area contributed by atoms with E-state index in [0.717, 1.165) is 90.4 Å². The number of carboxylic acid groups (broad SMARTS) is 1. The Morgan fingerprint density at radius 3 is 2.31 bits per heavy atom. The molecule has 0 bridgehead atoms. The van der Waals surface area contributed by atoms with Gasteiger partial charge < -0.3 is 33.8 Å². The lowest BCUT2D eigenvalue weighted by Gasteiger charge is -2.31. The van der Waals surface area contributed by atoms with Crippen LogP contribution in [0.2, 0.25) is 5.02 Å². The summed E-state index contributed by atoms with van der Waals surface area (Å²) in [4.78, 5) is 80.6. The van der Waals surface area contributed by atoms with E-state index in [-0.39, 0.29) is 56.2 Å². The number of esters is 1. The van der Waals surface area contributed by atoms with Gasteiger partial charge in [0.15, 0.2) is 21.4 Å². The number of hydrogen-bond acceptors (Lipinski definition) is 16. The maximum Gasteiger partial charge on any atom is 0.416 e. The van der Waals surface area contributed by atoms with Gasteiger partial charge in [-0.2, -0.15) is 13.2 Å². The van der Waals surface area contributed by atoms with E-state index in [9.17, 15) is 54.5 Å². The van der Waals surface area contributed by atoms with Crippen LogP contribution in [-0.2, 0) is 63.9 Å². The van der Waals surface area contributed by atoms with Gasteiger partial charge in [0.05, 0.1) is 71.3 Å². The Morgan fingerprint density at radius 1 is 1.08 bits per heavy atom. The number of nitrogens with zero attached hydrogens (tertiary/aromatic N) is 5. The Bertz CT molecular complexity index is 3230. The second-order valence-corrected chi connectivity index (χ2v) is 23.5. The van der Waals surface area contributed by atoms with Crippen LogP contribution in [0.3, 0.4) is 0 Å². The SMILES string of the molecule is CCc1cccc(C)c1N(C(=O)CCl)C(C)COC.COC(=O)CSc1cc(N=c2sc(=O)n3n2CCCC3)c(F)cc1Cl.CS(=O)(=O)c1cc(C(F)(F)F)ccc1C(=O)c1cnoc1C1CC1.O=C(O)CNCP(=O)(O)O. The minimum Gasteiger partial charge on any atom is -0.480 e. The molecular weight excluding hydrogens is 1160 g/mol. The molecule has 2 aliphatic rings. The van der Waals surface area contributed by atoms with Gasteiger partial charge in [-0.05, 0) is 98.7 Å². The number of para-hydroxylation sites is 1. The molecule has 1 aliphatic carbocycles. The van der Waals surface area contributed by atoms with Crippen LogP contribution in [0.4, 0.5) is 28.9 Å². The first-order valence-electron chi connectivity index (χ1n) is 23.4. The third kappa shape index (κ3) is 19.0. The Morgan fingerprint density at radius 2 is 1.74 bits per heavy atom. The summed E-state index contributed by atoms with van der Waals surface area (Å²) in [7, 11) is -5.20. The van der Waals surface area contributed by atoms with Gasteiger partial charge in [0.25, 0.3) is 0 Å². The summed E-state index contributed by atoms with van der Waals surface area (Å²) in [5, 5.41) is 13.8. The van der Waals surface area contributed by atoms with E-state index >= 15 is 0 Å². The van der Waals surface area contributed by atoms with Crippen LogP contribution in [0.5, 0.6) is 0 Å².